The maximum absolute atomic E-state index is 11.6. The summed E-state index contributed by atoms with van der Waals surface area (Å²) in [6, 6.07) is 0. The molecule has 6 heterocycles. The summed E-state index contributed by atoms with van der Waals surface area (Å²) in [5, 5.41) is 36.8. The van der Waals surface area contributed by atoms with Crippen molar-refractivity contribution < 1.29 is 52.5 Å². The van der Waals surface area contributed by atoms with Gasteiger partial charge in [-0.1, -0.05) is 159 Å². The van der Waals surface area contributed by atoms with E-state index in [1.165, 1.54) is 6.42 Å². The molecule has 0 spiro atoms. The highest BCUT2D eigenvalue weighted by atomic mass is 32.2. The SMILES string of the molecule is C.CC(C)(C)COC(=O)CSc1n[nH]c(=O)[nH]c1=O.CC(C)CNC(=O)CSc1n[nH]c(=O)[nH]c1=O.CC(OC(=O)CSc1n[nH]c(=O)[nH]c1=O)C(C)(C)C.C[Si](C)(C)COC(=O)CSc1n[nH]c(=O)[nH]c1=O.O=C(CSc1n[nH]c(=O)[nH]c1=O)OCC1CC1.O=C(CSc1n[nH]c(=O)[nH]c1=O)OCC1CCC1. The molecule has 8 rings (SSSR count). The van der Waals surface area contributed by atoms with Crippen LogP contribution in [0.5, 0.6) is 0 Å². The Morgan fingerprint density at radius 3 is 0.954 bits per heavy atom. The van der Waals surface area contributed by atoms with Crippen LogP contribution in [0.2, 0.25) is 19.6 Å². The lowest BCUT2D eigenvalue weighted by atomic mass is 9.86. The first-order chi connectivity index (χ1) is 50.0. The number of nitrogens with zero attached hydrogens (tertiary/aromatic N) is 6. The van der Waals surface area contributed by atoms with Gasteiger partial charge in [-0.05, 0) is 61.2 Å². The second-order valence-corrected chi connectivity index (χ2v) is 37.5. The fourth-order valence-electron chi connectivity index (χ4n) is 6.28. The molecule has 2 saturated carbocycles. The molecule has 108 heavy (non-hydrogen) atoms. The van der Waals surface area contributed by atoms with E-state index in [0.29, 0.717) is 50.3 Å². The number of nitrogens with one attached hydrogen (secondary N) is 13. The van der Waals surface area contributed by atoms with Gasteiger partial charge in [0, 0.05) is 6.54 Å². The topological polar surface area (TPSA) is 632 Å². The lowest BCUT2D eigenvalue weighted by Crippen LogP contribution is -2.30. The lowest BCUT2D eigenvalue weighted by molar-refractivity contribution is -0.150. The van der Waals surface area contributed by atoms with E-state index in [0.717, 1.165) is 96.3 Å². The number of esters is 5. The largest absolute Gasteiger partial charge is 0.469 e. The highest BCUT2D eigenvalue weighted by molar-refractivity contribution is 8.01. The van der Waals surface area contributed by atoms with Crippen LogP contribution >= 0.6 is 70.6 Å². The minimum absolute atomic E-state index is 0. The molecule has 0 saturated heterocycles. The van der Waals surface area contributed by atoms with Crippen molar-refractivity contribution in [1.82, 2.24) is 96.4 Å². The second kappa shape index (κ2) is 47.6. The number of amides is 1. The predicted molar refractivity (Wildman–Crippen MR) is 404 cm³/mol. The monoisotopic (exact) mass is 1650 g/mol. The van der Waals surface area contributed by atoms with Gasteiger partial charge in [0.1, 0.15) is 6.10 Å². The van der Waals surface area contributed by atoms with Gasteiger partial charge >= 0.3 is 64.0 Å². The Morgan fingerprint density at radius 1 is 0.426 bits per heavy atom. The zero-order valence-electron chi connectivity index (χ0n) is 60.1. The summed E-state index contributed by atoms with van der Waals surface area (Å²) in [5.41, 5.74) is -7.93. The summed E-state index contributed by atoms with van der Waals surface area (Å²) in [4.78, 5) is 212. The number of hydrogen-bond donors (Lipinski definition) is 13. The minimum Gasteiger partial charge on any atom is -0.469 e. The van der Waals surface area contributed by atoms with Crippen LogP contribution in [-0.2, 0) is 52.5 Å². The van der Waals surface area contributed by atoms with Crippen LogP contribution < -0.4 is 72.8 Å². The number of rotatable bonds is 28. The van der Waals surface area contributed by atoms with Crippen molar-refractivity contribution in [3.8, 4) is 0 Å². The Kier molecular flexibility index (Phi) is 41.8. The molecular formula is C59H89N19O23S6Si. The Labute approximate surface area is 638 Å². The molecule has 6 aromatic rings. The van der Waals surface area contributed by atoms with Crippen LogP contribution in [0.25, 0.3) is 0 Å². The third kappa shape index (κ3) is 42.4. The second-order valence-electron chi connectivity index (χ2n) is 26.3. The Hall–Kier alpha value is -9.20. The van der Waals surface area contributed by atoms with Gasteiger partial charge in [0.25, 0.3) is 33.4 Å². The number of thioether (sulfide) groups is 6. The van der Waals surface area contributed by atoms with Crippen LogP contribution in [-0.4, -0.2) is 208 Å². The van der Waals surface area contributed by atoms with Gasteiger partial charge in [0.15, 0.2) is 30.2 Å². The van der Waals surface area contributed by atoms with Crippen LogP contribution in [0.15, 0.2) is 87.7 Å². The Bertz CT molecular complexity index is 4490. The van der Waals surface area contributed by atoms with Crippen molar-refractivity contribution in [3.05, 3.63) is 125 Å². The maximum atomic E-state index is 11.6. The van der Waals surface area contributed by atoms with E-state index in [4.69, 9.17) is 23.7 Å². The van der Waals surface area contributed by atoms with Crippen molar-refractivity contribution in [1.29, 1.82) is 0 Å². The zero-order chi connectivity index (χ0) is 80.2. The van der Waals surface area contributed by atoms with Crippen molar-refractivity contribution in [2.75, 3.05) is 67.1 Å². The van der Waals surface area contributed by atoms with Gasteiger partial charge < -0.3 is 29.0 Å². The van der Waals surface area contributed by atoms with Crippen LogP contribution in [0.4, 0.5) is 0 Å². The van der Waals surface area contributed by atoms with E-state index in [9.17, 15) is 86.3 Å². The predicted octanol–water partition coefficient (Wildman–Crippen LogP) is -0.00570. The molecule has 1 atom stereocenters. The number of aromatic nitrogens is 18. The van der Waals surface area contributed by atoms with Crippen LogP contribution in [0.3, 0.4) is 0 Å². The molecule has 1 unspecified atom stereocenters. The van der Waals surface area contributed by atoms with Crippen molar-refractivity contribution in [2.24, 2.45) is 28.6 Å². The molecular weight excluding hydrogens is 1560 g/mol. The summed E-state index contributed by atoms with van der Waals surface area (Å²) < 4.78 is 25.4. The summed E-state index contributed by atoms with van der Waals surface area (Å²) >= 11 is 5.62. The quantitative estimate of drug-likeness (QED) is 0.0133. The first-order valence-electron chi connectivity index (χ1n) is 32.0. The number of ether oxygens (including phenoxy) is 5. The van der Waals surface area contributed by atoms with E-state index < -0.39 is 93.5 Å². The van der Waals surface area contributed by atoms with Gasteiger partial charge in [0.05, 0.1) is 68.6 Å². The smallest absolute Gasteiger partial charge is 0.342 e. The third-order valence-corrected chi connectivity index (χ3v) is 19.1. The number of hydrogen-bond acceptors (Lipinski definition) is 35. The fraction of sp³-hybridized carbons (Fsp3) is 0.593. The van der Waals surface area contributed by atoms with Gasteiger partial charge in [0.2, 0.25) is 5.91 Å². The molecule has 2 aliphatic carbocycles. The van der Waals surface area contributed by atoms with Gasteiger partial charge in [-0.2, -0.15) is 30.6 Å². The van der Waals surface area contributed by atoms with E-state index in [1.54, 1.807) is 0 Å². The molecule has 49 heteroatoms. The number of carbonyl (C=O) groups excluding carboxylic acids is 6. The molecule has 1 amide bonds. The van der Waals surface area contributed by atoms with E-state index >= 15 is 0 Å². The standard InChI is InChI=1S/C11H17N3O4S.C10H13N3O4S.C10H15N3O4S.C9H14N4O3S.C9H15N3O4SSi.C9H11N3O4S.CH4/c1-6(11(2,3)4)18-7(15)5-19-9-8(16)12-10(17)14-13-9;14-7(17-4-6-2-1-3-6)5-18-9-8(15)11-10(16)13-12-9;1-10(2,3)5-17-6(14)4-18-8-7(15)11-9(16)13-12-8;1-5(2)3-10-6(14)4-17-8-7(15)11-9(16)13-12-8;1-18(2,3)5-16-6(13)4-17-8-7(14)10-9(15)12-11-8;13-6(16-3-5-1-2-5)4-17-8-7(14)10-9(15)12-11-8;/h6H,5H2,1-4H3,(H2,12,14,16,17);6H,1-5H2,(H2,11,13,15,16);4-5H2,1-3H3,(H2,11,13,15,16);5H,3-4H2,1-2H3,(H,10,14)(H2,11,13,15,16);4-5H2,1-3H3,(H2,10,12,14,15);5H,1-4H2,(H2,10,12,14,15);1H4. The maximum Gasteiger partial charge on any atom is 0.342 e. The first kappa shape index (κ1) is 94.9. The summed E-state index contributed by atoms with van der Waals surface area (Å²) in [5.74, 6) is -0.765. The molecule has 2 aliphatic rings. The van der Waals surface area contributed by atoms with Gasteiger partial charge in [-0.3, -0.25) is 87.4 Å². The molecule has 0 bridgehead atoms. The summed E-state index contributed by atoms with van der Waals surface area (Å²) in [6.45, 7) is 25.6. The molecule has 2 fully saturated rings. The van der Waals surface area contributed by atoms with Crippen molar-refractivity contribution >= 4 is 114 Å². The van der Waals surface area contributed by atoms with Crippen LogP contribution in [0.1, 0.15) is 102 Å². The molecule has 0 aromatic carbocycles. The normalized spacial score (nSPS) is 12.5. The molecule has 42 nitrogen and oxygen atoms in total. The van der Waals surface area contributed by atoms with Crippen molar-refractivity contribution in [3.63, 3.8) is 0 Å². The van der Waals surface area contributed by atoms with E-state index in [2.05, 4.69) is 86.1 Å². The molecule has 0 radical (unpaired) electrons. The van der Waals surface area contributed by atoms with E-state index in [1.807, 2.05) is 92.2 Å². The van der Waals surface area contributed by atoms with Gasteiger partial charge in [-0.25, -0.2) is 59.4 Å². The summed E-state index contributed by atoms with van der Waals surface area (Å²) in [7, 11) is -1.43. The molecule has 13 N–H and O–H groups in total. The minimum atomic E-state index is -1.43. The molecule has 598 valence electrons. The van der Waals surface area contributed by atoms with Gasteiger partial charge in [-0.15, -0.1) is 0 Å². The highest BCUT2D eigenvalue weighted by Crippen LogP contribution is 2.29. The number of aromatic amines is 12. The van der Waals surface area contributed by atoms with Crippen molar-refractivity contribution in [2.45, 2.75) is 158 Å². The lowest BCUT2D eigenvalue weighted by Gasteiger charge is -2.26. The average molecular weight is 1650 g/mol. The van der Waals surface area contributed by atoms with Crippen LogP contribution in [0, 0.1) is 28.6 Å². The summed E-state index contributed by atoms with van der Waals surface area (Å²) in [6.07, 6.45) is 5.87. The molecule has 6 aromatic heterocycles. The number of carbonyl (C=O) groups is 6. The Morgan fingerprint density at radius 2 is 0.704 bits per heavy atom. The average Bonchev–Trinajstić information content (AvgIpc) is 1.74. The number of H-pyrrole nitrogens is 12. The highest BCUT2D eigenvalue weighted by Gasteiger charge is 2.26. The fourth-order valence-corrected chi connectivity index (χ4v) is 10.7. The molecule has 0 aliphatic heterocycles. The Balaban J connectivity index is 0.000000439. The first-order valence-corrected chi connectivity index (χ1v) is 41.7. The zero-order valence-corrected chi connectivity index (χ0v) is 66.0. The third-order valence-electron chi connectivity index (χ3n) is 12.5. The van der Waals surface area contributed by atoms with E-state index in [-0.39, 0.29) is 107 Å².